The summed E-state index contributed by atoms with van der Waals surface area (Å²) in [5, 5.41) is 3.27. The Kier molecular flexibility index (Phi) is 10.5. The molecule has 0 radical (unpaired) electrons. The predicted molar refractivity (Wildman–Crippen MR) is 77.2 cm³/mol. The Morgan fingerprint density at radius 2 is 1.75 bits per heavy atom. The van der Waals surface area contributed by atoms with Crippen LogP contribution >= 0.6 is 24.8 Å². The molecular formula is C12H20Cl2N2. The van der Waals surface area contributed by atoms with E-state index in [9.17, 15) is 0 Å². The van der Waals surface area contributed by atoms with Crippen molar-refractivity contribution in [3.05, 3.63) is 42.5 Å². The summed E-state index contributed by atoms with van der Waals surface area (Å²) in [4.78, 5) is 2.10. The second-order valence-corrected chi connectivity index (χ2v) is 3.48. The third kappa shape index (κ3) is 6.01. The zero-order valence-corrected chi connectivity index (χ0v) is 11.4. The molecule has 0 aromatic heterocycles. The van der Waals surface area contributed by atoms with Crippen molar-refractivity contribution in [3.63, 3.8) is 0 Å². The van der Waals surface area contributed by atoms with Crippen LogP contribution in [0.15, 0.2) is 36.9 Å². The van der Waals surface area contributed by atoms with Crippen LogP contribution in [0.3, 0.4) is 0 Å². The van der Waals surface area contributed by atoms with Crippen molar-refractivity contribution in [1.29, 1.82) is 0 Å². The van der Waals surface area contributed by atoms with Crippen LogP contribution in [0.25, 0.3) is 0 Å². The molecule has 0 amide bonds. The summed E-state index contributed by atoms with van der Waals surface area (Å²) in [6.45, 7) is 5.42. The summed E-state index contributed by atoms with van der Waals surface area (Å²) >= 11 is 0. The third-order valence-electron chi connectivity index (χ3n) is 2.07. The third-order valence-corrected chi connectivity index (χ3v) is 2.07. The maximum absolute atomic E-state index is 3.66. The van der Waals surface area contributed by atoms with Gasteiger partial charge >= 0.3 is 0 Å². The van der Waals surface area contributed by atoms with Crippen LogP contribution < -0.4 is 10.2 Å². The smallest absolute Gasteiger partial charge is 0.0361 e. The molecule has 0 spiro atoms. The molecule has 1 rings (SSSR count). The SMILES string of the molecule is C=CCNCc1ccc(N(C)C)cc1.Cl.Cl. The summed E-state index contributed by atoms with van der Waals surface area (Å²) in [6, 6.07) is 8.55. The van der Waals surface area contributed by atoms with E-state index in [0.717, 1.165) is 13.1 Å². The van der Waals surface area contributed by atoms with Crippen LogP contribution in [0, 0.1) is 0 Å². The number of nitrogens with one attached hydrogen (secondary N) is 1. The minimum atomic E-state index is 0. The molecule has 2 nitrogen and oxygen atoms in total. The van der Waals surface area contributed by atoms with E-state index in [2.05, 4.69) is 41.1 Å². The zero-order valence-electron chi connectivity index (χ0n) is 9.77. The molecular weight excluding hydrogens is 243 g/mol. The summed E-state index contributed by atoms with van der Waals surface area (Å²) in [7, 11) is 4.09. The van der Waals surface area contributed by atoms with Gasteiger partial charge in [0.05, 0.1) is 0 Å². The van der Waals surface area contributed by atoms with Crippen LogP contribution in [0.4, 0.5) is 5.69 Å². The van der Waals surface area contributed by atoms with Crippen molar-refractivity contribution in [2.24, 2.45) is 0 Å². The van der Waals surface area contributed by atoms with Gasteiger partial charge in [-0.2, -0.15) is 0 Å². The molecule has 0 aliphatic carbocycles. The summed E-state index contributed by atoms with van der Waals surface area (Å²) in [6.07, 6.45) is 1.87. The van der Waals surface area contributed by atoms with Crippen LogP contribution in [0.1, 0.15) is 5.56 Å². The average Bonchev–Trinajstić information content (AvgIpc) is 2.19. The lowest BCUT2D eigenvalue weighted by atomic mass is 10.2. The molecule has 0 fully saturated rings. The van der Waals surface area contributed by atoms with Gasteiger partial charge < -0.3 is 10.2 Å². The molecule has 0 unspecified atom stereocenters. The molecule has 0 saturated heterocycles. The first-order valence-electron chi connectivity index (χ1n) is 4.82. The fourth-order valence-corrected chi connectivity index (χ4v) is 1.23. The monoisotopic (exact) mass is 262 g/mol. The maximum atomic E-state index is 3.66. The Balaban J connectivity index is 0. The Morgan fingerprint density at radius 1 is 1.19 bits per heavy atom. The highest BCUT2D eigenvalue weighted by Gasteiger charge is 1.94. The van der Waals surface area contributed by atoms with E-state index in [4.69, 9.17) is 0 Å². The van der Waals surface area contributed by atoms with Crippen molar-refractivity contribution in [3.8, 4) is 0 Å². The van der Waals surface area contributed by atoms with E-state index >= 15 is 0 Å². The number of hydrogen-bond acceptors (Lipinski definition) is 2. The number of hydrogen-bond donors (Lipinski definition) is 1. The van der Waals surface area contributed by atoms with Crippen molar-refractivity contribution in [2.75, 3.05) is 25.5 Å². The molecule has 4 heteroatoms. The lowest BCUT2D eigenvalue weighted by Gasteiger charge is -2.12. The first-order chi connectivity index (χ1) is 6.74. The van der Waals surface area contributed by atoms with Crippen molar-refractivity contribution < 1.29 is 0 Å². The zero-order chi connectivity index (χ0) is 10.4. The molecule has 0 heterocycles. The number of nitrogens with zero attached hydrogens (tertiary/aromatic N) is 1. The maximum Gasteiger partial charge on any atom is 0.0361 e. The lowest BCUT2D eigenvalue weighted by Crippen LogP contribution is -2.13. The average molecular weight is 263 g/mol. The lowest BCUT2D eigenvalue weighted by molar-refractivity contribution is 0.760. The van der Waals surface area contributed by atoms with Crippen molar-refractivity contribution in [2.45, 2.75) is 6.54 Å². The highest BCUT2D eigenvalue weighted by Crippen LogP contribution is 2.11. The van der Waals surface area contributed by atoms with E-state index in [0.29, 0.717) is 0 Å². The molecule has 0 atom stereocenters. The number of anilines is 1. The van der Waals surface area contributed by atoms with Crippen molar-refractivity contribution >= 4 is 30.5 Å². The van der Waals surface area contributed by atoms with E-state index in [1.54, 1.807) is 0 Å². The normalized spacial score (nSPS) is 8.62. The van der Waals surface area contributed by atoms with Crippen LogP contribution in [0.5, 0.6) is 0 Å². The van der Waals surface area contributed by atoms with Crippen LogP contribution in [-0.4, -0.2) is 20.6 Å². The van der Waals surface area contributed by atoms with Gasteiger partial charge in [-0.05, 0) is 17.7 Å². The first kappa shape index (κ1) is 17.7. The molecule has 0 bridgehead atoms. The summed E-state index contributed by atoms with van der Waals surface area (Å²) < 4.78 is 0. The summed E-state index contributed by atoms with van der Waals surface area (Å²) in [5.74, 6) is 0. The van der Waals surface area contributed by atoms with Crippen LogP contribution in [0.2, 0.25) is 0 Å². The molecule has 92 valence electrons. The van der Waals surface area contributed by atoms with Gasteiger partial charge in [-0.1, -0.05) is 18.2 Å². The molecule has 0 saturated carbocycles. The second-order valence-electron chi connectivity index (χ2n) is 3.48. The largest absolute Gasteiger partial charge is 0.378 e. The molecule has 1 N–H and O–H groups in total. The van der Waals surface area contributed by atoms with Gasteiger partial charge in [0.15, 0.2) is 0 Å². The van der Waals surface area contributed by atoms with Gasteiger partial charge in [0.25, 0.3) is 0 Å². The standard InChI is InChI=1S/C12H18N2.2ClH/c1-4-9-13-10-11-5-7-12(8-6-11)14(2)3;;/h4-8,13H,1,9-10H2,2-3H3;2*1H. The Morgan fingerprint density at radius 3 is 2.19 bits per heavy atom. The van der Waals surface area contributed by atoms with Gasteiger partial charge in [0.1, 0.15) is 0 Å². The Hall–Kier alpha value is -0.700. The van der Waals surface area contributed by atoms with E-state index in [1.807, 2.05) is 20.2 Å². The van der Waals surface area contributed by atoms with Gasteiger partial charge in [-0.25, -0.2) is 0 Å². The number of benzene rings is 1. The van der Waals surface area contributed by atoms with Gasteiger partial charge in [-0.15, -0.1) is 31.4 Å². The minimum absolute atomic E-state index is 0. The van der Waals surface area contributed by atoms with Gasteiger partial charge in [-0.3, -0.25) is 0 Å². The first-order valence-corrected chi connectivity index (χ1v) is 4.82. The molecule has 16 heavy (non-hydrogen) atoms. The molecule has 0 aliphatic rings. The fourth-order valence-electron chi connectivity index (χ4n) is 1.23. The van der Waals surface area contributed by atoms with Gasteiger partial charge in [0.2, 0.25) is 0 Å². The highest BCUT2D eigenvalue weighted by molar-refractivity contribution is 5.85. The van der Waals surface area contributed by atoms with E-state index in [1.165, 1.54) is 11.3 Å². The topological polar surface area (TPSA) is 15.3 Å². The molecule has 0 aliphatic heterocycles. The van der Waals surface area contributed by atoms with Crippen molar-refractivity contribution in [1.82, 2.24) is 5.32 Å². The Bertz CT molecular complexity index is 284. The second kappa shape index (κ2) is 9.52. The number of halogens is 2. The predicted octanol–water partition coefficient (Wildman–Crippen LogP) is 2.87. The van der Waals surface area contributed by atoms with E-state index in [-0.39, 0.29) is 24.8 Å². The summed E-state index contributed by atoms with van der Waals surface area (Å²) in [5.41, 5.74) is 2.54. The van der Waals surface area contributed by atoms with Gasteiger partial charge in [0, 0.05) is 32.9 Å². The number of rotatable bonds is 5. The quantitative estimate of drug-likeness (QED) is 0.649. The van der Waals surface area contributed by atoms with E-state index < -0.39 is 0 Å². The minimum Gasteiger partial charge on any atom is -0.378 e. The molecule has 1 aromatic rings. The van der Waals surface area contributed by atoms with Crippen LogP contribution in [-0.2, 0) is 6.54 Å². The molecule has 1 aromatic carbocycles. The highest BCUT2D eigenvalue weighted by atomic mass is 35.5. The fraction of sp³-hybridized carbons (Fsp3) is 0.333. The Labute approximate surface area is 111 Å².